The van der Waals surface area contributed by atoms with Crippen molar-refractivity contribution in [1.82, 2.24) is 0 Å². The standard InChI is InChI=1S/C6H14N2.H2O4S.Pt/c7-5-3-1-2-4-6(5)8;1-5(2,3)4;/h5-6H,1-4,7-8H2;(H2,1,2,3,4);/t5-,6+;;. The molecule has 1 saturated carbocycles. The zero-order valence-corrected chi connectivity index (χ0v) is 10.7. The Labute approximate surface area is 98.3 Å². The van der Waals surface area contributed by atoms with Gasteiger partial charge >= 0.3 is 10.4 Å². The fourth-order valence-corrected chi connectivity index (χ4v) is 1.19. The molecule has 1 fully saturated rings. The summed E-state index contributed by atoms with van der Waals surface area (Å²) in [6, 6.07) is 0.562. The van der Waals surface area contributed by atoms with Crippen LogP contribution in [0.1, 0.15) is 25.7 Å². The van der Waals surface area contributed by atoms with Crippen molar-refractivity contribution in [2.75, 3.05) is 0 Å². The quantitative estimate of drug-likeness (QED) is 0.404. The minimum Gasteiger partial charge on any atom is -0.326 e. The summed E-state index contributed by atoms with van der Waals surface area (Å²) < 4.78 is 31.6. The first-order valence-electron chi connectivity index (χ1n) is 4.01. The Morgan fingerprint density at radius 1 is 1.00 bits per heavy atom. The molecule has 0 unspecified atom stereocenters. The molecule has 1 aliphatic carbocycles. The summed E-state index contributed by atoms with van der Waals surface area (Å²) in [6.07, 6.45) is 4.80. The Hall–Kier alpha value is 0.478. The van der Waals surface area contributed by atoms with E-state index in [0.717, 1.165) is 12.8 Å². The summed E-state index contributed by atoms with van der Waals surface area (Å²) in [4.78, 5) is 0. The zero-order chi connectivity index (χ0) is 10.5. The molecule has 0 heterocycles. The van der Waals surface area contributed by atoms with Gasteiger partial charge in [-0.15, -0.1) is 0 Å². The van der Waals surface area contributed by atoms with Crippen LogP contribution in [0.15, 0.2) is 0 Å². The molecule has 90 valence electrons. The third kappa shape index (κ3) is 12.5. The minimum atomic E-state index is -4.67. The van der Waals surface area contributed by atoms with E-state index in [0.29, 0.717) is 0 Å². The van der Waals surface area contributed by atoms with Gasteiger partial charge in [0.05, 0.1) is 0 Å². The van der Waals surface area contributed by atoms with Gasteiger partial charge in [-0.2, -0.15) is 8.42 Å². The van der Waals surface area contributed by atoms with Crippen molar-refractivity contribution in [2.24, 2.45) is 11.5 Å². The zero-order valence-electron chi connectivity index (χ0n) is 7.57. The van der Waals surface area contributed by atoms with Crippen LogP contribution in [0, 0.1) is 0 Å². The van der Waals surface area contributed by atoms with E-state index in [2.05, 4.69) is 0 Å². The van der Waals surface area contributed by atoms with Gasteiger partial charge in [0.1, 0.15) is 0 Å². The van der Waals surface area contributed by atoms with Crippen LogP contribution in [0.3, 0.4) is 0 Å². The van der Waals surface area contributed by atoms with Crippen molar-refractivity contribution in [2.45, 2.75) is 37.8 Å². The minimum absolute atomic E-state index is 0. The van der Waals surface area contributed by atoms with E-state index in [9.17, 15) is 0 Å². The summed E-state index contributed by atoms with van der Waals surface area (Å²) in [6.45, 7) is 0. The van der Waals surface area contributed by atoms with Crippen molar-refractivity contribution < 1.29 is 38.6 Å². The van der Waals surface area contributed by atoms with E-state index in [1.165, 1.54) is 12.8 Å². The summed E-state index contributed by atoms with van der Waals surface area (Å²) in [5.41, 5.74) is 11.3. The molecule has 6 N–H and O–H groups in total. The Morgan fingerprint density at radius 3 is 1.36 bits per heavy atom. The molecule has 0 aromatic carbocycles. The maximum Gasteiger partial charge on any atom is 0.394 e. The topological polar surface area (TPSA) is 127 Å². The summed E-state index contributed by atoms with van der Waals surface area (Å²) in [7, 11) is -4.67. The van der Waals surface area contributed by atoms with Crippen molar-refractivity contribution in [3.63, 3.8) is 0 Å². The van der Waals surface area contributed by atoms with Crippen molar-refractivity contribution in [3.8, 4) is 0 Å². The van der Waals surface area contributed by atoms with Gasteiger partial charge in [-0.05, 0) is 12.8 Å². The average Bonchev–Trinajstić information content (AvgIpc) is 1.92. The van der Waals surface area contributed by atoms with Crippen LogP contribution in [0.4, 0.5) is 0 Å². The van der Waals surface area contributed by atoms with E-state index >= 15 is 0 Å². The molecule has 0 aliphatic heterocycles. The molecule has 0 amide bonds. The fraction of sp³-hybridized carbons (Fsp3) is 1.00. The molecule has 2 atom stereocenters. The van der Waals surface area contributed by atoms with Crippen LogP contribution in [0.25, 0.3) is 0 Å². The fourth-order valence-electron chi connectivity index (χ4n) is 1.19. The Kier molecular flexibility index (Phi) is 9.33. The van der Waals surface area contributed by atoms with E-state index < -0.39 is 10.4 Å². The summed E-state index contributed by atoms with van der Waals surface area (Å²) in [5.74, 6) is 0. The molecule has 0 radical (unpaired) electrons. The van der Waals surface area contributed by atoms with Crippen LogP contribution >= 0.6 is 0 Å². The van der Waals surface area contributed by atoms with Crippen LogP contribution < -0.4 is 11.5 Å². The first-order chi connectivity index (χ1) is 5.80. The molecule has 0 aromatic heterocycles. The van der Waals surface area contributed by atoms with E-state index in [-0.39, 0.29) is 33.1 Å². The predicted molar refractivity (Wildman–Crippen MR) is 48.6 cm³/mol. The largest absolute Gasteiger partial charge is 0.394 e. The van der Waals surface area contributed by atoms with Crippen molar-refractivity contribution in [1.29, 1.82) is 0 Å². The molecule has 0 saturated heterocycles. The molecule has 6 nitrogen and oxygen atoms in total. The van der Waals surface area contributed by atoms with Crippen LogP contribution in [0.5, 0.6) is 0 Å². The second kappa shape index (κ2) is 7.73. The molecule has 8 heteroatoms. The van der Waals surface area contributed by atoms with Crippen LogP contribution in [0.2, 0.25) is 0 Å². The first-order valence-corrected chi connectivity index (χ1v) is 5.41. The van der Waals surface area contributed by atoms with Gasteiger partial charge in [-0.25, -0.2) is 0 Å². The molecule has 0 aromatic rings. The number of hydrogen-bond donors (Lipinski definition) is 4. The molecule has 0 bridgehead atoms. The monoisotopic (exact) mass is 407 g/mol. The molecule has 14 heavy (non-hydrogen) atoms. The van der Waals surface area contributed by atoms with E-state index in [1.807, 2.05) is 0 Å². The summed E-state index contributed by atoms with van der Waals surface area (Å²) >= 11 is 0. The normalized spacial score (nSPS) is 26.9. The maximum absolute atomic E-state index is 8.74. The third-order valence-electron chi connectivity index (χ3n) is 1.87. The van der Waals surface area contributed by atoms with E-state index in [1.54, 1.807) is 0 Å². The average molecular weight is 407 g/mol. The van der Waals surface area contributed by atoms with Gasteiger partial charge in [0.25, 0.3) is 0 Å². The van der Waals surface area contributed by atoms with Gasteiger partial charge in [-0.3, -0.25) is 9.11 Å². The molecule has 0 spiro atoms. The predicted octanol–water partition coefficient (Wildman–Crippen LogP) is -0.440. The SMILES string of the molecule is N[C@@H]1CCCC[C@@H]1N.O=S(=O)(O)O.[Pt]. The third-order valence-corrected chi connectivity index (χ3v) is 1.87. The number of nitrogens with two attached hydrogens (primary N) is 2. The van der Waals surface area contributed by atoms with E-state index in [4.69, 9.17) is 29.0 Å². The van der Waals surface area contributed by atoms with Gasteiger partial charge < -0.3 is 11.5 Å². The maximum atomic E-state index is 8.74. The van der Waals surface area contributed by atoms with Gasteiger partial charge in [0, 0.05) is 33.1 Å². The van der Waals surface area contributed by atoms with Crippen molar-refractivity contribution in [3.05, 3.63) is 0 Å². The van der Waals surface area contributed by atoms with Crippen LogP contribution in [-0.4, -0.2) is 29.6 Å². The Bertz CT molecular complexity index is 216. The number of hydrogen-bond acceptors (Lipinski definition) is 4. The van der Waals surface area contributed by atoms with Gasteiger partial charge in [-0.1, -0.05) is 12.8 Å². The second-order valence-electron chi connectivity index (χ2n) is 3.06. The van der Waals surface area contributed by atoms with Gasteiger partial charge in [0.15, 0.2) is 0 Å². The Balaban J connectivity index is 0. The van der Waals surface area contributed by atoms with Gasteiger partial charge in [0.2, 0.25) is 0 Å². The number of rotatable bonds is 0. The molecular weight excluding hydrogens is 391 g/mol. The molecular formula is C6H16N2O4PtS. The smallest absolute Gasteiger partial charge is 0.326 e. The molecule has 1 rings (SSSR count). The summed E-state index contributed by atoms with van der Waals surface area (Å²) in [5, 5.41) is 0. The second-order valence-corrected chi connectivity index (χ2v) is 3.96. The van der Waals surface area contributed by atoms with Crippen molar-refractivity contribution >= 4 is 10.4 Å². The Morgan fingerprint density at radius 2 is 1.21 bits per heavy atom. The molecule has 1 aliphatic rings. The van der Waals surface area contributed by atoms with Crippen LogP contribution in [-0.2, 0) is 31.5 Å². The first kappa shape index (κ1) is 16.9.